The molecular weight excluding hydrogens is 325 g/mol. The van der Waals surface area contributed by atoms with Gasteiger partial charge >= 0.3 is 0 Å². The highest BCUT2D eigenvalue weighted by molar-refractivity contribution is 6.35. The molecule has 0 saturated carbocycles. The largest absolute Gasteiger partial charge is 0.357 e. The Hall–Kier alpha value is -1.79. The molecule has 6 nitrogen and oxygen atoms in total. The molecule has 2 rings (SSSR count). The van der Waals surface area contributed by atoms with E-state index < -0.39 is 0 Å². The van der Waals surface area contributed by atoms with Crippen LogP contribution in [0.3, 0.4) is 0 Å². The summed E-state index contributed by atoms with van der Waals surface area (Å²) in [6.07, 6.45) is 0. The highest BCUT2D eigenvalue weighted by atomic mass is 35.5. The minimum atomic E-state index is 0.404. The van der Waals surface area contributed by atoms with Crippen LogP contribution in [0, 0.1) is 6.92 Å². The van der Waals surface area contributed by atoms with Gasteiger partial charge in [-0.05, 0) is 31.5 Å². The molecule has 0 bridgehead atoms. The fourth-order valence-electron chi connectivity index (χ4n) is 1.73. The maximum atomic E-state index is 6.14. The number of halogens is 2. The summed E-state index contributed by atoms with van der Waals surface area (Å²) in [5.41, 5.74) is 0.900. The molecule has 1 aromatic heterocycles. The van der Waals surface area contributed by atoms with Gasteiger partial charge in [-0.25, -0.2) is 4.99 Å². The van der Waals surface area contributed by atoms with Gasteiger partial charge in [-0.3, -0.25) is 0 Å². The van der Waals surface area contributed by atoms with Gasteiger partial charge in [0.1, 0.15) is 0 Å². The van der Waals surface area contributed by atoms with Gasteiger partial charge in [0.2, 0.25) is 5.89 Å². The molecule has 2 aromatic rings. The number of benzene rings is 1. The summed E-state index contributed by atoms with van der Waals surface area (Å²) in [6.45, 7) is 5.34. The number of hydrogen-bond donors (Lipinski definition) is 2. The maximum Gasteiger partial charge on any atom is 0.246 e. The van der Waals surface area contributed by atoms with Crippen LogP contribution in [0.25, 0.3) is 0 Å². The lowest BCUT2D eigenvalue weighted by atomic mass is 10.2. The van der Waals surface area contributed by atoms with Crippen LogP contribution < -0.4 is 10.6 Å². The van der Waals surface area contributed by atoms with Crippen molar-refractivity contribution in [2.24, 2.45) is 4.99 Å². The number of aromatic nitrogens is 2. The van der Waals surface area contributed by atoms with E-state index in [1.807, 2.05) is 13.0 Å². The first-order chi connectivity index (χ1) is 10.6. The lowest BCUT2D eigenvalue weighted by molar-refractivity contribution is 0.371. The summed E-state index contributed by atoms with van der Waals surface area (Å²) in [5, 5.41) is 11.2. The van der Waals surface area contributed by atoms with Crippen LogP contribution in [-0.2, 0) is 13.1 Å². The first-order valence-corrected chi connectivity index (χ1v) is 7.59. The van der Waals surface area contributed by atoms with Gasteiger partial charge < -0.3 is 15.2 Å². The molecule has 0 saturated heterocycles. The topological polar surface area (TPSA) is 75.3 Å². The Morgan fingerprint density at radius 1 is 1.32 bits per heavy atom. The molecule has 0 atom stereocenters. The van der Waals surface area contributed by atoms with E-state index in [4.69, 9.17) is 27.7 Å². The average molecular weight is 342 g/mol. The number of hydrogen-bond acceptors (Lipinski definition) is 4. The van der Waals surface area contributed by atoms with Crippen LogP contribution in [-0.4, -0.2) is 22.6 Å². The molecule has 0 unspecified atom stereocenters. The zero-order valence-corrected chi connectivity index (χ0v) is 13.9. The van der Waals surface area contributed by atoms with Gasteiger partial charge in [0.25, 0.3) is 0 Å². The van der Waals surface area contributed by atoms with Crippen LogP contribution in [0.15, 0.2) is 27.7 Å². The lowest BCUT2D eigenvalue weighted by Gasteiger charge is -2.10. The van der Waals surface area contributed by atoms with E-state index in [0.717, 1.165) is 12.1 Å². The minimum absolute atomic E-state index is 0.404. The van der Waals surface area contributed by atoms with E-state index in [1.165, 1.54) is 0 Å². The van der Waals surface area contributed by atoms with Crippen molar-refractivity contribution in [3.63, 3.8) is 0 Å². The Bertz CT molecular complexity index is 656. The molecule has 118 valence electrons. The van der Waals surface area contributed by atoms with Gasteiger partial charge in [-0.15, -0.1) is 0 Å². The summed E-state index contributed by atoms with van der Waals surface area (Å²) in [6, 6.07) is 5.36. The SMILES string of the molecule is CCNC(=NCc1ccc(Cl)cc1Cl)NCc1nc(C)no1. The fraction of sp³-hybridized carbons (Fsp3) is 0.357. The van der Waals surface area contributed by atoms with E-state index >= 15 is 0 Å². The predicted molar refractivity (Wildman–Crippen MR) is 87.2 cm³/mol. The Labute approximate surface area is 138 Å². The molecule has 1 heterocycles. The van der Waals surface area contributed by atoms with E-state index in [1.54, 1.807) is 19.1 Å². The summed E-state index contributed by atoms with van der Waals surface area (Å²) in [4.78, 5) is 8.60. The van der Waals surface area contributed by atoms with E-state index in [-0.39, 0.29) is 0 Å². The Kier molecular flexibility index (Phi) is 6.03. The van der Waals surface area contributed by atoms with Gasteiger partial charge in [0.05, 0.1) is 13.1 Å². The van der Waals surface area contributed by atoms with E-state index in [9.17, 15) is 0 Å². The average Bonchev–Trinajstić information content (AvgIpc) is 2.89. The number of aryl methyl sites for hydroxylation is 1. The molecule has 0 aliphatic heterocycles. The molecule has 0 aliphatic rings. The highest BCUT2D eigenvalue weighted by Crippen LogP contribution is 2.21. The Balaban J connectivity index is 1.99. The molecule has 0 radical (unpaired) electrons. The third-order valence-electron chi connectivity index (χ3n) is 2.74. The summed E-state index contributed by atoms with van der Waals surface area (Å²) >= 11 is 12.0. The third kappa shape index (κ3) is 4.89. The molecule has 0 amide bonds. The number of guanidine groups is 1. The normalized spacial score (nSPS) is 11.5. The smallest absolute Gasteiger partial charge is 0.246 e. The molecule has 0 fully saturated rings. The van der Waals surface area contributed by atoms with Crippen molar-refractivity contribution >= 4 is 29.2 Å². The van der Waals surface area contributed by atoms with Crippen LogP contribution in [0.2, 0.25) is 10.0 Å². The van der Waals surface area contributed by atoms with Crippen molar-refractivity contribution in [1.29, 1.82) is 0 Å². The molecule has 0 spiro atoms. The molecule has 1 aromatic carbocycles. The molecule has 2 N–H and O–H groups in total. The Morgan fingerprint density at radius 3 is 2.77 bits per heavy atom. The predicted octanol–water partition coefficient (Wildman–Crippen LogP) is 2.94. The second-order valence-electron chi connectivity index (χ2n) is 4.52. The number of nitrogens with one attached hydrogen (secondary N) is 2. The first-order valence-electron chi connectivity index (χ1n) is 6.83. The number of rotatable bonds is 5. The molecule has 22 heavy (non-hydrogen) atoms. The van der Waals surface area contributed by atoms with Crippen molar-refractivity contribution in [2.75, 3.05) is 6.54 Å². The van der Waals surface area contributed by atoms with Gasteiger partial charge in [-0.2, -0.15) is 4.98 Å². The second-order valence-corrected chi connectivity index (χ2v) is 5.36. The van der Waals surface area contributed by atoms with Gasteiger partial charge in [-0.1, -0.05) is 34.4 Å². The summed E-state index contributed by atoms with van der Waals surface area (Å²) < 4.78 is 5.05. The zero-order chi connectivity index (χ0) is 15.9. The summed E-state index contributed by atoms with van der Waals surface area (Å²) in [5.74, 6) is 1.75. The minimum Gasteiger partial charge on any atom is -0.357 e. The van der Waals surface area contributed by atoms with Crippen LogP contribution >= 0.6 is 23.2 Å². The Morgan fingerprint density at radius 2 is 2.14 bits per heavy atom. The maximum absolute atomic E-state index is 6.14. The van der Waals surface area contributed by atoms with Crippen LogP contribution in [0.5, 0.6) is 0 Å². The second kappa shape index (κ2) is 8.00. The van der Waals surface area contributed by atoms with E-state index in [2.05, 4.69) is 25.8 Å². The quantitative estimate of drug-likeness (QED) is 0.645. The monoisotopic (exact) mass is 341 g/mol. The molecule has 8 heteroatoms. The van der Waals surface area contributed by atoms with Crippen LogP contribution in [0.4, 0.5) is 0 Å². The highest BCUT2D eigenvalue weighted by Gasteiger charge is 2.05. The summed E-state index contributed by atoms with van der Waals surface area (Å²) in [7, 11) is 0. The fourth-order valence-corrected chi connectivity index (χ4v) is 2.20. The molecular formula is C14H17Cl2N5O. The third-order valence-corrected chi connectivity index (χ3v) is 3.33. The lowest BCUT2D eigenvalue weighted by Crippen LogP contribution is -2.36. The van der Waals surface area contributed by atoms with Crippen molar-refractivity contribution < 1.29 is 4.52 Å². The standard InChI is InChI=1S/C14H17Cl2N5O/c1-3-17-14(19-8-13-20-9(2)21-22-13)18-7-10-4-5-11(15)6-12(10)16/h4-6H,3,7-8H2,1-2H3,(H2,17,18,19). The first kappa shape index (κ1) is 16.6. The number of aliphatic imine (C=N–C) groups is 1. The zero-order valence-electron chi connectivity index (χ0n) is 12.4. The van der Waals surface area contributed by atoms with Gasteiger partial charge in [0, 0.05) is 16.6 Å². The van der Waals surface area contributed by atoms with Crippen LogP contribution in [0.1, 0.15) is 24.2 Å². The van der Waals surface area contributed by atoms with Crippen molar-refractivity contribution in [2.45, 2.75) is 26.9 Å². The van der Waals surface area contributed by atoms with Crippen molar-refractivity contribution in [3.8, 4) is 0 Å². The van der Waals surface area contributed by atoms with Crippen molar-refractivity contribution in [1.82, 2.24) is 20.8 Å². The number of nitrogens with zero attached hydrogens (tertiary/aromatic N) is 3. The molecule has 0 aliphatic carbocycles. The van der Waals surface area contributed by atoms with E-state index in [0.29, 0.717) is 40.8 Å². The van der Waals surface area contributed by atoms with Crippen molar-refractivity contribution in [3.05, 3.63) is 45.5 Å². The van der Waals surface area contributed by atoms with Gasteiger partial charge in [0.15, 0.2) is 11.8 Å².